The maximum Gasteiger partial charge on any atom is 0.220 e. The summed E-state index contributed by atoms with van der Waals surface area (Å²) in [6.07, 6.45) is 51.0. The summed E-state index contributed by atoms with van der Waals surface area (Å²) in [5.41, 5.74) is 0. The third kappa shape index (κ3) is 39.1. The number of aliphatic hydroxyl groups excluding tert-OH is 11. The van der Waals surface area contributed by atoms with Gasteiger partial charge in [0.1, 0.15) is 73.2 Å². The van der Waals surface area contributed by atoms with Crippen molar-refractivity contribution in [1.82, 2.24) is 5.32 Å². The van der Waals surface area contributed by atoms with Crippen LogP contribution in [0.15, 0.2) is 97.2 Å². The average molecular weight is 1370 g/mol. The van der Waals surface area contributed by atoms with Crippen molar-refractivity contribution in [1.29, 1.82) is 0 Å². The van der Waals surface area contributed by atoms with E-state index >= 15 is 0 Å². The van der Waals surface area contributed by atoms with Gasteiger partial charge in [0.15, 0.2) is 18.9 Å². The molecule has 3 rings (SSSR count). The number of amides is 1. The largest absolute Gasteiger partial charge is 0.394 e. The van der Waals surface area contributed by atoms with Crippen LogP contribution in [0.5, 0.6) is 0 Å². The van der Waals surface area contributed by atoms with Crippen LogP contribution in [0.3, 0.4) is 0 Å². The molecular formula is C78H135NO18. The molecule has 0 aromatic heterocycles. The maximum atomic E-state index is 13.4. The van der Waals surface area contributed by atoms with Crippen LogP contribution < -0.4 is 5.32 Å². The number of hydrogen-bond acceptors (Lipinski definition) is 18. The second-order valence-corrected chi connectivity index (χ2v) is 26.7. The fourth-order valence-corrected chi connectivity index (χ4v) is 12.3. The van der Waals surface area contributed by atoms with Crippen LogP contribution in [0.25, 0.3) is 0 Å². The molecule has 3 aliphatic heterocycles. The number of carbonyl (C=O) groups is 1. The summed E-state index contributed by atoms with van der Waals surface area (Å²) >= 11 is 0. The van der Waals surface area contributed by atoms with Gasteiger partial charge in [-0.05, 0) is 89.9 Å². The molecule has 12 N–H and O–H groups in total. The summed E-state index contributed by atoms with van der Waals surface area (Å²) in [5.74, 6) is -0.291. The molecule has 0 spiro atoms. The first-order valence-corrected chi connectivity index (χ1v) is 38.0. The van der Waals surface area contributed by atoms with Crippen molar-refractivity contribution in [3.8, 4) is 0 Å². The number of aliphatic hydroxyl groups is 11. The van der Waals surface area contributed by atoms with Crippen LogP contribution in [0.4, 0.5) is 0 Å². The molecule has 0 aliphatic carbocycles. The van der Waals surface area contributed by atoms with Crippen LogP contribution in [0.2, 0.25) is 0 Å². The first kappa shape index (κ1) is 87.9. The van der Waals surface area contributed by atoms with E-state index in [0.29, 0.717) is 12.8 Å². The Hall–Kier alpha value is -3.29. The minimum Gasteiger partial charge on any atom is -0.394 e. The van der Waals surface area contributed by atoms with Gasteiger partial charge in [-0.15, -0.1) is 0 Å². The Kier molecular flexibility index (Phi) is 52.8. The van der Waals surface area contributed by atoms with Crippen molar-refractivity contribution in [2.24, 2.45) is 0 Å². The predicted octanol–water partition coefficient (Wildman–Crippen LogP) is 11.6. The zero-order valence-electron chi connectivity index (χ0n) is 59.5. The summed E-state index contributed by atoms with van der Waals surface area (Å²) in [7, 11) is 0. The van der Waals surface area contributed by atoms with Crippen molar-refractivity contribution in [3.63, 3.8) is 0 Å². The topological polar surface area (TPSA) is 307 Å². The molecule has 1 amide bonds. The second kappa shape index (κ2) is 58.2. The number of carbonyl (C=O) groups excluding carboxylic acids is 1. The zero-order valence-corrected chi connectivity index (χ0v) is 59.5. The third-order valence-electron chi connectivity index (χ3n) is 18.3. The van der Waals surface area contributed by atoms with Gasteiger partial charge in [0.25, 0.3) is 0 Å². The summed E-state index contributed by atoms with van der Waals surface area (Å²) in [5, 5.41) is 121. The molecule has 3 fully saturated rings. The van der Waals surface area contributed by atoms with E-state index in [4.69, 9.17) is 28.4 Å². The summed E-state index contributed by atoms with van der Waals surface area (Å²) in [4.78, 5) is 13.4. The van der Waals surface area contributed by atoms with Crippen LogP contribution in [0.1, 0.15) is 258 Å². The highest BCUT2D eigenvalue weighted by Gasteiger charge is 2.53. The van der Waals surface area contributed by atoms with E-state index in [1.54, 1.807) is 6.08 Å². The molecule has 0 aromatic carbocycles. The van der Waals surface area contributed by atoms with E-state index in [9.17, 15) is 61.0 Å². The van der Waals surface area contributed by atoms with Gasteiger partial charge in [0, 0.05) is 6.42 Å². The van der Waals surface area contributed by atoms with Crippen molar-refractivity contribution < 1.29 is 89.4 Å². The van der Waals surface area contributed by atoms with Crippen molar-refractivity contribution in [3.05, 3.63) is 97.2 Å². The molecule has 3 aliphatic rings. The molecule has 0 saturated carbocycles. The lowest BCUT2D eigenvalue weighted by atomic mass is 9.96. The Balaban J connectivity index is 1.40. The molecule has 17 atom stereocenters. The van der Waals surface area contributed by atoms with Gasteiger partial charge in [-0.25, -0.2) is 0 Å². The standard InChI is InChI=1S/C78H135NO18/c1-3-5-7-9-11-13-15-17-19-21-23-25-26-27-28-29-30-31-32-33-34-36-38-40-42-44-46-48-50-52-54-56-66(84)79-61(62(83)55-53-51-49-47-45-43-41-39-37-35-24-22-20-18-16-14-12-10-8-6-4-2)60-92-76-72(90)69(87)74(64(58-81)94-76)97-78-73(91)70(88)75(65(59-82)95-78)96-77-71(89)68(86)67(85)63(57-80)93-77/h5,7,11,13,17,19,23,25,27-28,37,39,45,47,53,55,61-65,67-78,80-83,85-91H,3-4,6,8-10,12,14-16,18,20-22,24,26,29-36,38,40-44,46,48-52,54,56-60H2,1-2H3,(H,79,84)/b7-5-,13-11-,19-17-,25-23-,28-27-,39-37+,47-45+,55-53+. The number of hydrogen-bond donors (Lipinski definition) is 12. The second-order valence-electron chi connectivity index (χ2n) is 26.7. The smallest absolute Gasteiger partial charge is 0.220 e. The number of allylic oxidation sites excluding steroid dienone is 15. The molecule has 17 unspecified atom stereocenters. The molecule has 0 bridgehead atoms. The van der Waals surface area contributed by atoms with E-state index in [2.05, 4.69) is 104 Å². The van der Waals surface area contributed by atoms with E-state index in [1.165, 1.54) is 141 Å². The van der Waals surface area contributed by atoms with Crippen LogP contribution in [-0.4, -0.2) is 193 Å². The lowest BCUT2D eigenvalue weighted by Gasteiger charge is -2.48. The molecule has 3 saturated heterocycles. The summed E-state index contributed by atoms with van der Waals surface area (Å²) in [6.45, 7) is 1.60. The van der Waals surface area contributed by atoms with Gasteiger partial charge in [0.05, 0.1) is 38.6 Å². The first-order valence-electron chi connectivity index (χ1n) is 38.0. The van der Waals surface area contributed by atoms with E-state index in [-0.39, 0.29) is 18.9 Å². The quantitative estimate of drug-likeness (QED) is 0.0199. The van der Waals surface area contributed by atoms with Crippen molar-refractivity contribution in [2.75, 3.05) is 26.4 Å². The highest BCUT2D eigenvalue weighted by molar-refractivity contribution is 5.76. The highest BCUT2D eigenvalue weighted by Crippen LogP contribution is 2.33. The van der Waals surface area contributed by atoms with Crippen LogP contribution in [0, 0.1) is 0 Å². The highest BCUT2D eigenvalue weighted by atomic mass is 16.8. The van der Waals surface area contributed by atoms with E-state index < -0.39 is 124 Å². The van der Waals surface area contributed by atoms with Gasteiger partial charge in [-0.3, -0.25) is 4.79 Å². The lowest BCUT2D eigenvalue weighted by Crippen LogP contribution is -2.66. The minimum atomic E-state index is -1.99. The molecule has 560 valence electrons. The monoisotopic (exact) mass is 1370 g/mol. The Bertz CT molecular complexity index is 2130. The van der Waals surface area contributed by atoms with Gasteiger partial charge < -0.3 is 89.9 Å². The zero-order chi connectivity index (χ0) is 70.4. The van der Waals surface area contributed by atoms with Gasteiger partial charge in [-0.2, -0.15) is 0 Å². The minimum absolute atomic E-state index is 0.227. The van der Waals surface area contributed by atoms with Gasteiger partial charge in [0.2, 0.25) is 5.91 Å². The fraction of sp³-hybridized carbons (Fsp3) is 0.782. The molecule has 19 nitrogen and oxygen atoms in total. The molecule has 0 radical (unpaired) electrons. The number of nitrogens with one attached hydrogen (secondary N) is 1. The Morgan fingerprint density at radius 3 is 1.15 bits per heavy atom. The number of rotatable bonds is 58. The fourth-order valence-electron chi connectivity index (χ4n) is 12.3. The van der Waals surface area contributed by atoms with Crippen molar-refractivity contribution in [2.45, 2.75) is 362 Å². The molecule has 97 heavy (non-hydrogen) atoms. The summed E-state index contributed by atoms with van der Waals surface area (Å²) < 4.78 is 34.4. The number of ether oxygens (including phenoxy) is 6. The summed E-state index contributed by atoms with van der Waals surface area (Å²) in [6, 6.07) is -1.00. The SMILES string of the molecule is CC/C=C\C/C=C\C/C=C\C/C=C\C/C=C\CCCCCCCCCCCCCCCCCC(=O)NC(COC1OC(CO)C(OC2OC(CO)C(OC3OC(CO)C(O)C(O)C3O)C(O)C2O)C(O)C1O)C(O)/C=C/CC/C=C/CC/C=C/CCCCCCCCCCCCC. The van der Waals surface area contributed by atoms with Gasteiger partial charge in [-0.1, -0.05) is 259 Å². The van der Waals surface area contributed by atoms with Crippen LogP contribution in [-0.2, 0) is 33.2 Å². The number of unbranched alkanes of at least 4 members (excludes halogenated alkanes) is 28. The third-order valence-corrected chi connectivity index (χ3v) is 18.3. The first-order chi connectivity index (χ1) is 47.3. The van der Waals surface area contributed by atoms with Crippen molar-refractivity contribution >= 4 is 5.91 Å². The van der Waals surface area contributed by atoms with E-state index in [0.717, 1.165) is 83.5 Å². The predicted molar refractivity (Wildman–Crippen MR) is 383 cm³/mol. The Morgan fingerprint density at radius 1 is 0.381 bits per heavy atom. The Labute approximate surface area is 583 Å². The van der Waals surface area contributed by atoms with Crippen LogP contribution >= 0.6 is 0 Å². The molecule has 0 aromatic rings. The molecule has 19 heteroatoms. The lowest BCUT2D eigenvalue weighted by molar-refractivity contribution is -0.379. The average Bonchev–Trinajstić information content (AvgIpc) is 0.798. The Morgan fingerprint density at radius 2 is 0.722 bits per heavy atom. The normalized spacial score (nSPS) is 27.5. The van der Waals surface area contributed by atoms with Gasteiger partial charge >= 0.3 is 0 Å². The maximum absolute atomic E-state index is 13.4. The van der Waals surface area contributed by atoms with E-state index in [1.807, 2.05) is 6.08 Å². The molecule has 3 heterocycles. The molecular weight excluding hydrogens is 1240 g/mol.